The zero-order chi connectivity index (χ0) is 11.5. The van der Waals surface area contributed by atoms with Gasteiger partial charge in [0, 0.05) is 38.4 Å². The van der Waals surface area contributed by atoms with Gasteiger partial charge in [0.25, 0.3) is 0 Å². The molecule has 1 unspecified atom stereocenters. The number of rotatable bonds is 2. The van der Waals surface area contributed by atoms with Crippen LogP contribution in [-0.4, -0.2) is 47.0 Å². The highest BCUT2D eigenvalue weighted by atomic mass is 15.3. The van der Waals surface area contributed by atoms with Gasteiger partial charge < -0.3 is 0 Å². The summed E-state index contributed by atoms with van der Waals surface area (Å²) >= 11 is 0. The van der Waals surface area contributed by atoms with E-state index in [2.05, 4.69) is 26.9 Å². The maximum Gasteiger partial charge on any atom is 0.0543 e. The second kappa shape index (κ2) is 5.15. The zero-order valence-corrected chi connectivity index (χ0v) is 10.4. The lowest BCUT2D eigenvalue weighted by Gasteiger charge is -2.44. The summed E-state index contributed by atoms with van der Waals surface area (Å²) in [5, 5.41) is 0. The van der Waals surface area contributed by atoms with Crippen LogP contribution in [0.2, 0.25) is 0 Å². The lowest BCUT2D eigenvalue weighted by molar-refractivity contribution is 0.0451. The standard InChI is InChI=1S/C14H21N3/c1-3-7-15-13(5-1)11-16-9-10-17-8-4-2-6-14(17)12-16/h1,3,5,7,14H,2,4,6,8-12H2. The van der Waals surface area contributed by atoms with Gasteiger partial charge in [-0.05, 0) is 31.5 Å². The summed E-state index contributed by atoms with van der Waals surface area (Å²) in [7, 11) is 0. The number of nitrogens with zero attached hydrogens (tertiary/aromatic N) is 3. The number of hydrogen-bond acceptors (Lipinski definition) is 3. The number of hydrogen-bond donors (Lipinski definition) is 0. The molecular formula is C14H21N3. The van der Waals surface area contributed by atoms with Crippen molar-refractivity contribution < 1.29 is 0 Å². The quantitative estimate of drug-likeness (QED) is 0.773. The average molecular weight is 231 g/mol. The van der Waals surface area contributed by atoms with Crippen LogP contribution >= 0.6 is 0 Å². The smallest absolute Gasteiger partial charge is 0.0543 e. The van der Waals surface area contributed by atoms with Gasteiger partial charge in [-0.3, -0.25) is 14.8 Å². The van der Waals surface area contributed by atoms with E-state index in [1.165, 1.54) is 51.1 Å². The van der Waals surface area contributed by atoms with Crippen molar-refractivity contribution >= 4 is 0 Å². The normalized spacial score (nSPS) is 26.7. The third-order valence-corrected chi connectivity index (χ3v) is 4.03. The van der Waals surface area contributed by atoms with E-state index < -0.39 is 0 Å². The van der Waals surface area contributed by atoms with Crippen LogP contribution in [0.5, 0.6) is 0 Å². The van der Waals surface area contributed by atoms with E-state index in [0.29, 0.717) is 0 Å². The van der Waals surface area contributed by atoms with Crippen LogP contribution in [0.3, 0.4) is 0 Å². The summed E-state index contributed by atoms with van der Waals surface area (Å²) in [5.74, 6) is 0. The molecule has 1 aromatic heterocycles. The Kier molecular flexibility index (Phi) is 3.39. The van der Waals surface area contributed by atoms with E-state index in [9.17, 15) is 0 Å². The van der Waals surface area contributed by atoms with Crippen molar-refractivity contribution in [2.24, 2.45) is 0 Å². The monoisotopic (exact) mass is 231 g/mol. The molecule has 1 atom stereocenters. The second-order valence-corrected chi connectivity index (χ2v) is 5.24. The lowest BCUT2D eigenvalue weighted by atomic mass is 9.99. The minimum absolute atomic E-state index is 0.807. The molecule has 17 heavy (non-hydrogen) atoms. The van der Waals surface area contributed by atoms with Crippen LogP contribution in [0.25, 0.3) is 0 Å². The van der Waals surface area contributed by atoms with E-state index in [1.54, 1.807) is 0 Å². The fourth-order valence-electron chi connectivity index (χ4n) is 3.08. The summed E-state index contributed by atoms with van der Waals surface area (Å²) in [6.07, 6.45) is 6.10. The lowest BCUT2D eigenvalue weighted by Crippen LogP contribution is -2.54. The molecule has 3 heteroatoms. The van der Waals surface area contributed by atoms with Gasteiger partial charge in [-0.25, -0.2) is 0 Å². The highest BCUT2D eigenvalue weighted by Gasteiger charge is 2.28. The molecule has 0 aromatic carbocycles. The van der Waals surface area contributed by atoms with Crippen LogP contribution in [0.1, 0.15) is 25.0 Å². The number of aromatic nitrogens is 1. The Hall–Kier alpha value is -0.930. The molecule has 0 amide bonds. The topological polar surface area (TPSA) is 19.4 Å². The van der Waals surface area contributed by atoms with Gasteiger partial charge in [0.2, 0.25) is 0 Å². The summed E-state index contributed by atoms with van der Waals surface area (Å²) in [5.41, 5.74) is 1.21. The first-order valence-corrected chi connectivity index (χ1v) is 6.78. The van der Waals surface area contributed by atoms with Crippen molar-refractivity contribution in [2.75, 3.05) is 26.2 Å². The van der Waals surface area contributed by atoms with Gasteiger partial charge >= 0.3 is 0 Å². The predicted molar refractivity (Wildman–Crippen MR) is 68.7 cm³/mol. The third kappa shape index (κ3) is 2.67. The minimum atomic E-state index is 0.807. The predicted octanol–water partition coefficient (Wildman–Crippen LogP) is 1.75. The molecule has 1 aromatic rings. The van der Waals surface area contributed by atoms with Crippen molar-refractivity contribution in [1.82, 2.24) is 14.8 Å². The van der Waals surface area contributed by atoms with Gasteiger partial charge in [-0.1, -0.05) is 12.5 Å². The molecule has 2 saturated heterocycles. The molecule has 0 aliphatic carbocycles. The first-order valence-electron chi connectivity index (χ1n) is 6.78. The zero-order valence-electron chi connectivity index (χ0n) is 10.4. The maximum absolute atomic E-state index is 4.42. The van der Waals surface area contributed by atoms with Crippen LogP contribution in [0.15, 0.2) is 24.4 Å². The van der Waals surface area contributed by atoms with Gasteiger partial charge in [-0.15, -0.1) is 0 Å². The maximum atomic E-state index is 4.42. The number of piperazine rings is 1. The van der Waals surface area contributed by atoms with Crippen LogP contribution in [0.4, 0.5) is 0 Å². The molecule has 2 fully saturated rings. The first kappa shape index (κ1) is 11.2. The molecule has 0 bridgehead atoms. The molecule has 0 saturated carbocycles. The molecule has 0 N–H and O–H groups in total. The fraction of sp³-hybridized carbons (Fsp3) is 0.643. The molecule has 3 rings (SSSR count). The summed E-state index contributed by atoms with van der Waals surface area (Å²) in [6.45, 7) is 6.02. The molecule has 2 aliphatic rings. The molecule has 92 valence electrons. The number of pyridine rings is 1. The molecule has 3 nitrogen and oxygen atoms in total. The summed E-state index contributed by atoms with van der Waals surface area (Å²) in [6, 6.07) is 7.01. The summed E-state index contributed by atoms with van der Waals surface area (Å²) in [4.78, 5) is 9.66. The Morgan fingerprint density at radius 2 is 2.18 bits per heavy atom. The number of piperidine rings is 1. The van der Waals surface area contributed by atoms with Crippen molar-refractivity contribution in [1.29, 1.82) is 0 Å². The first-order chi connectivity index (χ1) is 8.42. The van der Waals surface area contributed by atoms with Gasteiger partial charge in [0.05, 0.1) is 5.69 Å². The Bertz CT molecular complexity index is 352. The van der Waals surface area contributed by atoms with Crippen molar-refractivity contribution in [3.05, 3.63) is 30.1 Å². The van der Waals surface area contributed by atoms with E-state index in [0.717, 1.165) is 12.6 Å². The Morgan fingerprint density at radius 1 is 1.18 bits per heavy atom. The molecule has 2 aliphatic heterocycles. The second-order valence-electron chi connectivity index (χ2n) is 5.24. The van der Waals surface area contributed by atoms with Gasteiger partial charge in [0.15, 0.2) is 0 Å². The van der Waals surface area contributed by atoms with Crippen LogP contribution < -0.4 is 0 Å². The molecule has 0 radical (unpaired) electrons. The van der Waals surface area contributed by atoms with Crippen molar-refractivity contribution in [2.45, 2.75) is 31.8 Å². The van der Waals surface area contributed by atoms with Crippen molar-refractivity contribution in [3.8, 4) is 0 Å². The summed E-state index contributed by atoms with van der Waals surface area (Å²) < 4.78 is 0. The van der Waals surface area contributed by atoms with E-state index >= 15 is 0 Å². The number of fused-ring (bicyclic) bond motifs is 1. The Labute approximate surface area is 103 Å². The Balaban J connectivity index is 1.59. The van der Waals surface area contributed by atoms with E-state index in [4.69, 9.17) is 0 Å². The molecule has 0 spiro atoms. The van der Waals surface area contributed by atoms with E-state index in [1.807, 2.05) is 12.3 Å². The Morgan fingerprint density at radius 3 is 3.06 bits per heavy atom. The minimum Gasteiger partial charge on any atom is -0.298 e. The average Bonchev–Trinajstić information content (AvgIpc) is 2.40. The van der Waals surface area contributed by atoms with Gasteiger partial charge in [-0.2, -0.15) is 0 Å². The third-order valence-electron chi connectivity index (χ3n) is 4.03. The van der Waals surface area contributed by atoms with Gasteiger partial charge in [0.1, 0.15) is 0 Å². The highest BCUT2D eigenvalue weighted by Crippen LogP contribution is 2.21. The SMILES string of the molecule is c1ccc(CN2CCN3CCCCC3C2)nc1. The van der Waals surface area contributed by atoms with Crippen LogP contribution in [0, 0.1) is 0 Å². The highest BCUT2D eigenvalue weighted by molar-refractivity contribution is 5.03. The van der Waals surface area contributed by atoms with Crippen LogP contribution in [-0.2, 0) is 6.54 Å². The fourth-order valence-corrected chi connectivity index (χ4v) is 3.08. The molecule has 3 heterocycles. The largest absolute Gasteiger partial charge is 0.298 e. The van der Waals surface area contributed by atoms with E-state index in [-0.39, 0.29) is 0 Å². The molecular weight excluding hydrogens is 210 g/mol. The van der Waals surface area contributed by atoms with Crippen molar-refractivity contribution in [3.63, 3.8) is 0 Å².